The van der Waals surface area contributed by atoms with E-state index in [1.54, 1.807) is 0 Å². The summed E-state index contributed by atoms with van der Waals surface area (Å²) in [5.41, 5.74) is -1.13. The van der Waals surface area contributed by atoms with Crippen LogP contribution in [0.3, 0.4) is 0 Å². The summed E-state index contributed by atoms with van der Waals surface area (Å²) in [6.45, 7) is -0.0516. The van der Waals surface area contributed by atoms with Crippen molar-refractivity contribution >= 4 is 5.91 Å². The Bertz CT molecular complexity index is 534. The molecule has 0 bridgehead atoms. The van der Waals surface area contributed by atoms with Crippen molar-refractivity contribution in [2.45, 2.75) is 37.7 Å². The first kappa shape index (κ1) is 16.6. The van der Waals surface area contributed by atoms with E-state index in [2.05, 4.69) is 0 Å². The number of carbonyl (C=O) groups is 1. The Morgan fingerprint density at radius 2 is 1.59 bits per heavy atom. The number of nitrogens with zero attached hydrogens (tertiary/aromatic N) is 1. The minimum absolute atomic E-state index is 0.0516. The first-order chi connectivity index (χ1) is 10.1. The molecule has 0 saturated carbocycles. The lowest BCUT2D eigenvalue weighted by Crippen LogP contribution is -2.51. The van der Waals surface area contributed by atoms with E-state index in [1.807, 2.05) is 0 Å². The van der Waals surface area contributed by atoms with Crippen molar-refractivity contribution in [2.24, 2.45) is 0 Å². The number of amides is 1. The van der Waals surface area contributed by atoms with Crippen molar-refractivity contribution in [2.75, 3.05) is 6.54 Å². The van der Waals surface area contributed by atoms with E-state index in [1.165, 1.54) is 0 Å². The van der Waals surface area contributed by atoms with Crippen LogP contribution in [0.4, 0.5) is 26.3 Å². The van der Waals surface area contributed by atoms with E-state index < -0.39 is 29.9 Å². The van der Waals surface area contributed by atoms with Crippen LogP contribution < -0.4 is 0 Å². The van der Waals surface area contributed by atoms with Crippen LogP contribution in [0.2, 0.25) is 0 Å². The summed E-state index contributed by atoms with van der Waals surface area (Å²) >= 11 is 0. The molecule has 1 unspecified atom stereocenters. The number of rotatable bonds is 1. The van der Waals surface area contributed by atoms with E-state index in [0.29, 0.717) is 29.9 Å². The average molecular weight is 325 g/mol. The van der Waals surface area contributed by atoms with Crippen molar-refractivity contribution in [3.63, 3.8) is 0 Å². The zero-order valence-corrected chi connectivity index (χ0v) is 11.3. The van der Waals surface area contributed by atoms with Gasteiger partial charge in [-0.25, -0.2) is 0 Å². The van der Waals surface area contributed by atoms with Gasteiger partial charge in [-0.05, 0) is 43.5 Å². The molecule has 1 atom stereocenters. The van der Waals surface area contributed by atoms with Gasteiger partial charge in [0.25, 0.3) is 5.91 Å². The number of piperidine rings is 1. The highest BCUT2D eigenvalue weighted by Crippen LogP contribution is 2.33. The van der Waals surface area contributed by atoms with Gasteiger partial charge in [-0.2, -0.15) is 26.3 Å². The molecule has 1 heterocycles. The number of likely N-dealkylation sites (tertiary alicyclic amines) is 1. The van der Waals surface area contributed by atoms with E-state index >= 15 is 0 Å². The van der Waals surface area contributed by atoms with E-state index in [0.717, 1.165) is 12.1 Å². The fraction of sp³-hybridized carbons (Fsp3) is 0.500. The monoisotopic (exact) mass is 325 g/mol. The lowest BCUT2D eigenvalue weighted by atomic mass is 10.00. The van der Waals surface area contributed by atoms with Gasteiger partial charge < -0.3 is 4.90 Å². The van der Waals surface area contributed by atoms with Crippen molar-refractivity contribution in [3.8, 4) is 0 Å². The number of hydrogen-bond donors (Lipinski definition) is 0. The highest BCUT2D eigenvalue weighted by atomic mass is 19.4. The molecule has 1 fully saturated rings. The predicted molar refractivity (Wildman–Crippen MR) is 66.2 cm³/mol. The standard InChI is InChI=1S/C14H13F6NO/c15-13(16,17)10-6-4-9(5-7-10)12(22)21-8-2-1-3-11(21)14(18,19)20/h4-7,11H,1-3,8H2. The Kier molecular flexibility index (Phi) is 4.39. The van der Waals surface area contributed by atoms with Crippen LogP contribution in [0.15, 0.2) is 24.3 Å². The zero-order valence-electron chi connectivity index (χ0n) is 11.3. The SMILES string of the molecule is O=C(c1ccc(C(F)(F)F)cc1)N1CCCCC1C(F)(F)F. The predicted octanol–water partition coefficient (Wildman–Crippen LogP) is 4.26. The Morgan fingerprint density at radius 3 is 2.09 bits per heavy atom. The topological polar surface area (TPSA) is 20.3 Å². The van der Waals surface area contributed by atoms with Crippen LogP contribution >= 0.6 is 0 Å². The Labute approximate surface area is 122 Å². The molecule has 22 heavy (non-hydrogen) atoms. The van der Waals surface area contributed by atoms with E-state index in [9.17, 15) is 31.1 Å². The minimum Gasteiger partial charge on any atom is -0.327 e. The third-order valence-electron chi connectivity index (χ3n) is 3.60. The van der Waals surface area contributed by atoms with Crippen molar-refractivity contribution in [1.29, 1.82) is 0 Å². The molecule has 1 aliphatic heterocycles. The second-order valence-electron chi connectivity index (χ2n) is 5.13. The maximum atomic E-state index is 12.9. The van der Waals surface area contributed by atoms with Gasteiger partial charge in [-0.15, -0.1) is 0 Å². The summed E-state index contributed by atoms with van der Waals surface area (Å²) < 4.78 is 76.2. The van der Waals surface area contributed by atoms with Gasteiger partial charge in [0.05, 0.1) is 5.56 Å². The van der Waals surface area contributed by atoms with Crippen LogP contribution in [0.25, 0.3) is 0 Å². The molecule has 1 aromatic carbocycles. The first-order valence-corrected chi connectivity index (χ1v) is 6.65. The highest BCUT2D eigenvalue weighted by Gasteiger charge is 2.46. The summed E-state index contributed by atoms with van der Waals surface area (Å²) in [4.78, 5) is 12.9. The van der Waals surface area contributed by atoms with Crippen molar-refractivity contribution in [3.05, 3.63) is 35.4 Å². The molecule has 0 aromatic heterocycles. The van der Waals surface area contributed by atoms with Gasteiger partial charge in [0, 0.05) is 12.1 Å². The number of benzene rings is 1. The molecule has 122 valence electrons. The van der Waals surface area contributed by atoms with Crippen molar-refractivity contribution in [1.82, 2.24) is 4.90 Å². The molecule has 0 spiro atoms. The Hall–Kier alpha value is -1.73. The van der Waals surface area contributed by atoms with Crippen LogP contribution in [-0.4, -0.2) is 29.6 Å². The molecular formula is C14H13F6NO. The summed E-state index contributed by atoms with van der Waals surface area (Å²) in [6, 6.07) is 1.33. The fourth-order valence-electron chi connectivity index (χ4n) is 2.48. The van der Waals surface area contributed by atoms with Gasteiger partial charge in [0.2, 0.25) is 0 Å². The second-order valence-corrected chi connectivity index (χ2v) is 5.13. The largest absolute Gasteiger partial charge is 0.416 e. The number of carbonyl (C=O) groups excluding carboxylic acids is 1. The second kappa shape index (κ2) is 5.81. The summed E-state index contributed by atoms with van der Waals surface area (Å²) in [5.74, 6) is -0.893. The molecule has 0 radical (unpaired) electrons. The molecule has 1 saturated heterocycles. The van der Waals surface area contributed by atoms with Crippen LogP contribution in [-0.2, 0) is 6.18 Å². The van der Waals surface area contributed by atoms with Gasteiger partial charge in [-0.3, -0.25) is 4.79 Å². The molecule has 1 aromatic rings. The summed E-state index contributed by atoms with van der Waals surface area (Å²) in [7, 11) is 0. The molecule has 1 aliphatic rings. The maximum Gasteiger partial charge on any atom is 0.416 e. The van der Waals surface area contributed by atoms with Crippen LogP contribution in [0, 0.1) is 0 Å². The van der Waals surface area contributed by atoms with Gasteiger partial charge in [-0.1, -0.05) is 0 Å². The van der Waals surface area contributed by atoms with Gasteiger partial charge in [0.1, 0.15) is 6.04 Å². The zero-order chi connectivity index (χ0) is 16.5. The molecule has 1 amide bonds. The molecule has 8 heteroatoms. The lowest BCUT2D eigenvalue weighted by molar-refractivity contribution is -0.183. The normalized spacial score (nSPS) is 20.1. The molecular weight excluding hydrogens is 312 g/mol. The third kappa shape index (κ3) is 3.53. The molecule has 2 rings (SSSR count). The molecule has 0 aliphatic carbocycles. The van der Waals surface area contributed by atoms with Crippen molar-refractivity contribution < 1.29 is 31.1 Å². The average Bonchev–Trinajstić information content (AvgIpc) is 2.45. The quantitative estimate of drug-likeness (QED) is 0.707. The van der Waals surface area contributed by atoms with E-state index in [-0.39, 0.29) is 18.5 Å². The number of alkyl halides is 6. The van der Waals surface area contributed by atoms with Crippen LogP contribution in [0.1, 0.15) is 35.2 Å². The summed E-state index contributed by atoms with van der Waals surface area (Å²) in [5, 5.41) is 0. The van der Waals surface area contributed by atoms with Crippen LogP contribution in [0.5, 0.6) is 0 Å². The third-order valence-corrected chi connectivity index (χ3v) is 3.60. The Balaban J connectivity index is 2.22. The highest BCUT2D eigenvalue weighted by molar-refractivity contribution is 5.94. The number of hydrogen-bond acceptors (Lipinski definition) is 1. The first-order valence-electron chi connectivity index (χ1n) is 6.65. The summed E-state index contributed by atoms with van der Waals surface area (Å²) in [6.07, 6.45) is -8.47. The van der Waals surface area contributed by atoms with E-state index in [4.69, 9.17) is 0 Å². The molecule has 0 N–H and O–H groups in total. The minimum atomic E-state index is -4.55. The molecule has 2 nitrogen and oxygen atoms in total. The lowest BCUT2D eigenvalue weighted by Gasteiger charge is -2.36. The smallest absolute Gasteiger partial charge is 0.327 e. The fourth-order valence-corrected chi connectivity index (χ4v) is 2.48. The Morgan fingerprint density at radius 1 is 1.00 bits per heavy atom. The maximum absolute atomic E-state index is 12.9. The van der Waals surface area contributed by atoms with Gasteiger partial charge >= 0.3 is 12.4 Å². The number of halogens is 6. The van der Waals surface area contributed by atoms with Gasteiger partial charge in [0.15, 0.2) is 0 Å².